The minimum absolute atomic E-state index is 0.301. The third-order valence-electron chi connectivity index (χ3n) is 3.30. The van der Waals surface area contributed by atoms with E-state index in [4.69, 9.17) is 9.47 Å². The van der Waals surface area contributed by atoms with Crippen LogP contribution >= 0.6 is 0 Å². The van der Waals surface area contributed by atoms with Crippen molar-refractivity contribution in [3.05, 3.63) is 41.3 Å². The highest BCUT2D eigenvalue weighted by atomic mass is 16.7. The SMILES string of the molecule is Cc1cc(NCc2ccc3c(c2)OCO3)nc(C(C)C)n1. The van der Waals surface area contributed by atoms with Gasteiger partial charge in [0.2, 0.25) is 6.79 Å². The Kier molecular flexibility index (Phi) is 3.64. The molecule has 1 aliphatic heterocycles. The standard InChI is InChI=1S/C16H19N3O2/c1-10(2)16-18-11(3)6-15(19-16)17-8-12-4-5-13-14(7-12)21-9-20-13/h4-7,10H,8-9H2,1-3H3,(H,17,18,19). The summed E-state index contributed by atoms with van der Waals surface area (Å²) in [5, 5.41) is 3.34. The lowest BCUT2D eigenvalue weighted by Gasteiger charge is -2.10. The summed E-state index contributed by atoms with van der Waals surface area (Å²) in [6.45, 7) is 7.16. The molecule has 1 N–H and O–H groups in total. The van der Waals surface area contributed by atoms with Gasteiger partial charge in [-0.05, 0) is 24.6 Å². The maximum atomic E-state index is 5.39. The number of aromatic nitrogens is 2. The molecule has 110 valence electrons. The number of fused-ring (bicyclic) bond motifs is 1. The predicted octanol–water partition coefficient (Wildman–Crippen LogP) is 3.25. The highest BCUT2D eigenvalue weighted by Gasteiger charge is 2.13. The molecule has 5 nitrogen and oxygen atoms in total. The third-order valence-corrected chi connectivity index (χ3v) is 3.30. The van der Waals surface area contributed by atoms with Crippen molar-refractivity contribution in [1.82, 2.24) is 9.97 Å². The fourth-order valence-corrected chi connectivity index (χ4v) is 2.18. The second-order valence-electron chi connectivity index (χ2n) is 5.45. The number of anilines is 1. The third kappa shape index (κ3) is 3.07. The van der Waals surface area contributed by atoms with E-state index in [1.165, 1.54) is 0 Å². The van der Waals surface area contributed by atoms with E-state index in [9.17, 15) is 0 Å². The maximum Gasteiger partial charge on any atom is 0.231 e. The van der Waals surface area contributed by atoms with Gasteiger partial charge in [-0.25, -0.2) is 9.97 Å². The van der Waals surface area contributed by atoms with Crippen LogP contribution in [-0.4, -0.2) is 16.8 Å². The molecular weight excluding hydrogens is 266 g/mol. The van der Waals surface area contributed by atoms with Crippen LogP contribution in [0.5, 0.6) is 11.5 Å². The second kappa shape index (κ2) is 5.60. The van der Waals surface area contributed by atoms with Gasteiger partial charge in [-0.2, -0.15) is 0 Å². The number of nitrogens with one attached hydrogen (secondary N) is 1. The van der Waals surface area contributed by atoms with Crippen LogP contribution in [0.3, 0.4) is 0 Å². The normalized spacial score (nSPS) is 12.8. The van der Waals surface area contributed by atoms with E-state index in [-0.39, 0.29) is 0 Å². The smallest absolute Gasteiger partial charge is 0.231 e. The van der Waals surface area contributed by atoms with Crippen molar-refractivity contribution in [2.45, 2.75) is 33.2 Å². The van der Waals surface area contributed by atoms with Crippen LogP contribution in [0.4, 0.5) is 5.82 Å². The van der Waals surface area contributed by atoms with E-state index in [0.717, 1.165) is 34.4 Å². The molecule has 0 spiro atoms. The van der Waals surface area contributed by atoms with Gasteiger partial charge in [0.1, 0.15) is 11.6 Å². The van der Waals surface area contributed by atoms with E-state index in [1.807, 2.05) is 31.2 Å². The molecule has 3 rings (SSSR count). The molecule has 0 bridgehead atoms. The maximum absolute atomic E-state index is 5.39. The summed E-state index contributed by atoms with van der Waals surface area (Å²) in [4.78, 5) is 8.99. The van der Waals surface area contributed by atoms with Gasteiger partial charge in [-0.15, -0.1) is 0 Å². The first kappa shape index (κ1) is 13.7. The Labute approximate surface area is 124 Å². The molecule has 0 amide bonds. The first-order valence-corrected chi connectivity index (χ1v) is 7.10. The molecule has 0 aliphatic carbocycles. The molecule has 0 atom stereocenters. The summed E-state index contributed by atoms with van der Waals surface area (Å²) in [5.74, 6) is 3.64. The van der Waals surface area contributed by atoms with Crippen molar-refractivity contribution in [2.24, 2.45) is 0 Å². The molecule has 2 heterocycles. The fraction of sp³-hybridized carbons (Fsp3) is 0.375. The molecule has 0 radical (unpaired) electrons. The summed E-state index contributed by atoms with van der Waals surface area (Å²) < 4.78 is 10.7. The van der Waals surface area contributed by atoms with Crippen LogP contribution in [-0.2, 0) is 6.54 Å². The molecule has 21 heavy (non-hydrogen) atoms. The zero-order chi connectivity index (χ0) is 14.8. The van der Waals surface area contributed by atoms with Gasteiger partial charge in [0, 0.05) is 24.2 Å². The molecular formula is C16H19N3O2. The van der Waals surface area contributed by atoms with Crippen LogP contribution in [0.1, 0.15) is 36.8 Å². The van der Waals surface area contributed by atoms with Crippen molar-refractivity contribution in [3.8, 4) is 11.5 Å². The number of benzene rings is 1. The number of rotatable bonds is 4. The van der Waals surface area contributed by atoms with Crippen LogP contribution in [0.25, 0.3) is 0 Å². The summed E-state index contributed by atoms with van der Waals surface area (Å²) in [5.41, 5.74) is 2.10. The Morgan fingerprint density at radius 3 is 2.76 bits per heavy atom. The Morgan fingerprint density at radius 2 is 1.95 bits per heavy atom. The zero-order valence-electron chi connectivity index (χ0n) is 12.5. The average Bonchev–Trinajstić information content (AvgIpc) is 2.92. The van der Waals surface area contributed by atoms with Gasteiger partial charge in [-0.3, -0.25) is 0 Å². The molecule has 1 aromatic carbocycles. The van der Waals surface area contributed by atoms with Gasteiger partial charge < -0.3 is 14.8 Å². The molecule has 1 aromatic heterocycles. The first-order valence-electron chi connectivity index (χ1n) is 7.10. The van der Waals surface area contributed by atoms with E-state index < -0.39 is 0 Å². The molecule has 5 heteroatoms. The van der Waals surface area contributed by atoms with Crippen LogP contribution < -0.4 is 14.8 Å². The lowest BCUT2D eigenvalue weighted by atomic mass is 10.2. The van der Waals surface area contributed by atoms with Crippen LogP contribution in [0.2, 0.25) is 0 Å². The van der Waals surface area contributed by atoms with Crippen molar-refractivity contribution in [1.29, 1.82) is 0 Å². The highest BCUT2D eigenvalue weighted by Crippen LogP contribution is 2.32. The molecule has 1 aliphatic rings. The summed E-state index contributed by atoms with van der Waals surface area (Å²) in [6, 6.07) is 7.91. The van der Waals surface area contributed by atoms with Crippen LogP contribution in [0, 0.1) is 6.92 Å². The van der Waals surface area contributed by atoms with Crippen molar-refractivity contribution < 1.29 is 9.47 Å². The number of aryl methyl sites for hydroxylation is 1. The second-order valence-corrected chi connectivity index (χ2v) is 5.45. The van der Waals surface area contributed by atoms with Gasteiger partial charge in [-0.1, -0.05) is 19.9 Å². The average molecular weight is 285 g/mol. The summed E-state index contributed by atoms with van der Waals surface area (Å²) >= 11 is 0. The molecule has 0 saturated carbocycles. The van der Waals surface area contributed by atoms with E-state index in [2.05, 4.69) is 29.1 Å². The summed E-state index contributed by atoms with van der Waals surface area (Å²) in [6.07, 6.45) is 0. The minimum Gasteiger partial charge on any atom is -0.454 e. The lowest BCUT2D eigenvalue weighted by molar-refractivity contribution is 0.174. The quantitative estimate of drug-likeness (QED) is 0.934. The van der Waals surface area contributed by atoms with Gasteiger partial charge in [0.15, 0.2) is 11.5 Å². The van der Waals surface area contributed by atoms with Gasteiger partial charge >= 0.3 is 0 Å². The first-order chi connectivity index (χ1) is 10.1. The summed E-state index contributed by atoms with van der Waals surface area (Å²) in [7, 11) is 0. The number of ether oxygens (including phenoxy) is 2. The van der Waals surface area contributed by atoms with E-state index in [0.29, 0.717) is 19.3 Å². The molecule has 0 unspecified atom stereocenters. The van der Waals surface area contributed by atoms with Crippen molar-refractivity contribution >= 4 is 5.82 Å². The largest absolute Gasteiger partial charge is 0.454 e. The van der Waals surface area contributed by atoms with Gasteiger partial charge in [0.25, 0.3) is 0 Å². The zero-order valence-corrected chi connectivity index (χ0v) is 12.5. The Morgan fingerprint density at radius 1 is 1.14 bits per heavy atom. The fourth-order valence-electron chi connectivity index (χ4n) is 2.18. The number of hydrogen-bond acceptors (Lipinski definition) is 5. The van der Waals surface area contributed by atoms with Crippen molar-refractivity contribution in [3.63, 3.8) is 0 Å². The topological polar surface area (TPSA) is 56.3 Å². The van der Waals surface area contributed by atoms with Gasteiger partial charge in [0.05, 0.1) is 0 Å². The Balaban J connectivity index is 1.73. The van der Waals surface area contributed by atoms with E-state index >= 15 is 0 Å². The van der Waals surface area contributed by atoms with Crippen molar-refractivity contribution in [2.75, 3.05) is 12.1 Å². The lowest BCUT2D eigenvalue weighted by Crippen LogP contribution is -2.06. The minimum atomic E-state index is 0.301. The Hall–Kier alpha value is -2.30. The predicted molar refractivity (Wildman–Crippen MR) is 80.7 cm³/mol. The monoisotopic (exact) mass is 285 g/mol. The molecule has 0 fully saturated rings. The number of hydrogen-bond donors (Lipinski definition) is 1. The highest BCUT2D eigenvalue weighted by molar-refractivity contribution is 5.46. The number of nitrogens with zero attached hydrogens (tertiary/aromatic N) is 2. The van der Waals surface area contributed by atoms with E-state index in [1.54, 1.807) is 0 Å². The Bertz CT molecular complexity index is 656. The van der Waals surface area contributed by atoms with Crippen LogP contribution in [0.15, 0.2) is 24.3 Å². The molecule has 0 saturated heterocycles. The molecule has 2 aromatic rings.